The van der Waals surface area contributed by atoms with Crippen LogP contribution in [0.25, 0.3) is 5.69 Å². The molecule has 4 heteroatoms. The number of amides is 1. The first-order valence-corrected chi connectivity index (χ1v) is 7.20. The molecule has 1 fully saturated rings. The minimum absolute atomic E-state index is 0.0354. The number of nitrogens with one attached hydrogen (secondary N) is 1. The molecule has 2 aliphatic rings. The van der Waals surface area contributed by atoms with Gasteiger partial charge in [-0.05, 0) is 43.9 Å². The number of rotatable bonds is 2. The number of hydrogen-bond acceptors (Lipinski definition) is 2. The summed E-state index contributed by atoms with van der Waals surface area (Å²) in [4.78, 5) is 16.6. The van der Waals surface area contributed by atoms with Crippen molar-refractivity contribution < 1.29 is 4.79 Å². The molecular weight excluding hydrogens is 250 g/mol. The third-order valence-corrected chi connectivity index (χ3v) is 4.19. The molecule has 0 unspecified atom stereocenters. The van der Waals surface area contributed by atoms with Gasteiger partial charge >= 0.3 is 0 Å². The van der Waals surface area contributed by atoms with E-state index in [1.165, 1.54) is 18.5 Å². The fourth-order valence-electron chi connectivity index (χ4n) is 2.88. The van der Waals surface area contributed by atoms with Crippen LogP contribution in [0.3, 0.4) is 0 Å². The molecule has 0 radical (unpaired) electrons. The molecule has 1 saturated carbocycles. The maximum Gasteiger partial charge on any atom is 0.251 e. The number of nitrogens with zero attached hydrogens (tertiary/aromatic N) is 2. The minimum atomic E-state index is 0.0354. The second-order valence-corrected chi connectivity index (χ2v) is 5.70. The number of imidazole rings is 1. The lowest BCUT2D eigenvalue weighted by atomic mass is 10.00. The number of carbonyl (C=O) groups excluding carboxylic acids is 1. The average Bonchev–Trinajstić information content (AvgIpc) is 3.22. The van der Waals surface area contributed by atoms with E-state index in [2.05, 4.69) is 33.2 Å². The number of fused-ring (bicyclic) bond motifs is 1. The van der Waals surface area contributed by atoms with E-state index in [4.69, 9.17) is 0 Å². The molecule has 1 amide bonds. The van der Waals surface area contributed by atoms with Crippen molar-refractivity contribution in [1.29, 1.82) is 0 Å². The third kappa shape index (κ3) is 1.83. The first kappa shape index (κ1) is 11.7. The summed E-state index contributed by atoms with van der Waals surface area (Å²) in [5, 5.41) is 2.90. The summed E-state index contributed by atoms with van der Waals surface area (Å²) in [6.45, 7) is 2.76. The molecule has 0 atom stereocenters. The molecule has 1 aliphatic carbocycles. The van der Waals surface area contributed by atoms with Gasteiger partial charge in [0, 0.05) is 29.9 Å². The van der Waals surface area contributed by atoms with Crippen molar-refractivity contribution in [1.82, 2.24) is 14.9 Å². The van der Waals surface area contributed by atoms with E-state index < -0.39 is 0 Å². The highest BCUT2D eigenvalue weighted by Gasteiger charge is 2.27. The van der Waals surface area contributed by atoms with Crippen LogP contribution in [-0.4, -0.2) is 22.0 Å². The summed E-state index contributed by atoms with van der Waals surface area (Å²) >= 11 is 0. The lowest BCUT2D eigenvalue weighted by Gasteiger charge is -2.17. The highest BCUT2D eigenvalue weighted by atomic mass is 16.1. The van der Waals surface area contributed by atoms with E-state index in [1.807, 2.05) is 13.0 Å². The Hall–Kier alpha value is -2.10. The second kappa shape index (κ2) is 4.20. The zero-order valence-corrected chi connectivity index (χ0v) is 11.5. The van der Waals surface area contributed by atoms with E-state index >= 15 is 0 Å². The van der Waals surface area contributed by atoms with Crippen LogP contribution in [0.5, 0.6) is 0 Å². The monoisotopic (exact) mass is 267 g/mol. The van der Waals surface area contributed by atoms with Gasteiger partial charge in [0.15, 0.2) is 0 Å². The van der Waals surface area contributed by atoms with Crippen LogP contribution in [0.15, 0.2) is 24.4 Å². The zero-order valence-electron chi connectivity index (χ0n) is 11.5. The second-order valence-electron chi connectivity index (χ2n) is 5.70. The molecule has 102 valence electrons. The standard InChI is InChI=1S/C16H17N3O/c1-10-18-15(12-2-3-12)9-19(10)13-5-4-11-6-7-17-16(20)14(11)8-13/h4-5,8-9,12H,2-3,6-7H2,1H3,(H,17,20). The molecule has 1 N–H and O–H groups in total. The molecule has 1 aliphatic heterocycles. The SMILES string of the molecule is Cc1nc(C2CC2)cn1-c1ccc2c(c1)C(=O)NCC2. The van der Waals surface area contributed by atoms with Crippen molar-refractivity contribution in [2.75, 3.05) is 6.54 Å². The Bertz CT molecular complexity index is 698. The predicted molar refractivity (Wildman–Crippen MR) is 76.3 cm³/mol. The highest BCUT2D eigenvalue weighted by molar-refractivity contribution is 5.97. The summed E-state index contributed by atoms with van der Waals surface area (Å²) in [5.41, 5.74) is 4.15. The molecule has 2 heterocycles. The minimum Gasteiger partial charge on any atom is -0.352 e. The van der Waals surface area contributed by atoms with Crippen molar-refractivity contribution in [3.8, 4) is 5.69 Å². The maximum absolute atomic E-state index is 11.9. The first-order valence-electron chi connectivity index (χ1n) is 7.20. The number of hydrogen-bond donors (Lipinski definition) is 1. The number of aromatic nitrogens is 2. The summed E-state index contributed by atoms with van der Waals surface area (Å²) in [6, 6.07) is 6.14. The van der Waals surface area contributed by atoms with Gasteiger partial charge in [0.25, 0.3) is 5.91 Å². The average molecular weight is 267 g/mol. The predicted octanol–water partition coefficient (Wildman–Crippen LogP) is 2.34. The lowest BCUT2D eigenvalue weighted by Crippen LogP contribution is -2.31. The molecule has 4 nitrogen and oxygen atoms in total. The Labute approximate surface area is 117 Å². The maximum atomic E-state index is 11.9. The van der Waals surface area contributed by atoms with Gasteiger partial charge in [-0.2, -0.15) is 0 Å². The Kier molecular flexibility index (Phi) is 2.46. The molecule has 0 saturated heterocycles. The normalized spacial score (nSPS) is 17.8. The van der Waals surface area contributed by atoms with Gasteiger partial charge in [-0.1, -0.05) is 6.07 Å². The molecule has 2 aromatic rings. The fourth-order valence-corrected chi connectivity index (χ4v) is 2.88. The highest BCUT2D eigenvalue weighted by Crippen LogP contribution is 2.39. The topological polar surface area (TPSA) is 46.9 Å². The van der Waals surface area contributed by atoms with E-state index in [9.17, 15) is 4.79 Å². The van der Waals surface area contributed by atoms with Crippen LogP contribution in [0.4, 0.5) is 0 Å². The Balaban J connectivity index is 1.78. The Morgan fingerprint density at radius 2 is 2.20 bits per heavy atom. The van der Waals surface area contributed by atoms with Gasteiger partial charge < -0.3 is 9.88 Å². The summed E-state index contributed by atoms with van der Waals surface area (Å²) in [6.07, 6.45) is 5.54. The molecule has 20 heavy (non-hydrogen) atoms. The molecule has 1 aromatic carbocycles. The van der Waals surface area contributed by atoms with Crippen molar-refractivity contribution in [2.24, 2.45) is 0 Å². The Morgan fingerprint density at radius 1 is 1.35 bits per heavy atom. The quantitative estimate of drug-likeness (QED) is 0.908. The van der Waals surface area contributed by atoms with Crippen molar-refractivity contribution in [3.63, 3.8) is 0 Å². The van der Waals surface area contributed by atoms with Gasteiger partial charge in [-0.25, -0.2) is 4.98 Å². The van der Waals surface area contributed by atoms with Crippen LogP contribution in [0.1, 0.15) is 46.2 Å². The van der Waals surface area contributed by atoms with E-state index in [-0.39, 0.29) is 5.91 Å². The zero-order chi connectivity index (χ0) is 13.7. The fraction of sp³-hybridized carbons (Fsp3) is 0.375. The lowest BCUT2D eigenvalue weighted by molar-refractivity contribution is 0.0946. The van der Waals surface area contributed by atoms with E-state index in [0.29, 0.717) is 5.92 Å². The van der Waals surface area contributed by atoms with Crippen LogP contribution >= 0.6 is 0 Å². The molecule has 0 spiro atoms. The van der Waals surface area contributed by atoms with Crippen LogP contribution in [-0.2, 0) is 6.42 Å². The van der Waals surface area contributed by atoms with Crippen molar-refractivity contribution >= 4 is 5.91 Å². The van der Waals surface area contributed by atoms with Gasteiger partial charge in [0.05, 0.1) is 5.69 Å². The molecular formula is C16H17N3O. The van der Waals surface area contributed by atoms with Gasteiger partial charge in [0.1, 0.15) is 5.82 Å². The number of benzene rings is 1. The van der Waals surface area contributed by atoms with Crippen molar-refractivity contribution in [3.05, 3.63) is 47.0 Å². The van der Waals surface area contributed by atoms with Gasteiger partial charge in [-0.15, -0.1) is 0 Å². The third-order valence-electron chi connectivity index (χ3n) is 4.19. The van der Waals surface area contributed by atoms with Crippen LogP contribution < -0.4 is 5.32 Å². The Morgan fingerprint density at radius 3 is 3.00 bits per heavy atom. The smallest absolute Gasteiger partial charge is 0.251 e. The summed E-state index contributed by atoms with van der Waals surface area (Å²) < 4.78 is 2.09. The van der Waals surface area contributed by atoms with E-state index in [1.54, 1.807) is 0 Å². The van der Waals surface area contributed by atoms with Gasteiger partial charge in [-0.3, -0.25) is 4.79 Å². The van der Waals surface area contributed by atoms with Crippen LogP contribution in [0, 0.1) is 6.92 Å². The number of carbonyl (C=O) groups is 1. The van der Waals surface area contributed by atoms with Crippen LogP contribution in [0.2, 0.25) is 0 Å². The first-order chi connectivity index (χ1) is 9.72. The van der Waals surface area contributed by atoms with Gasteiger partial charge in [0.2, 0.25) is 0 Å². The molecule has 4 rings (SSSR count). The van der Waals surface area contributed by atoms with E-state index in [0.717, 1.165) is 35.6 Å². The molecule has 0 bridgehead atoms. The summed E-state index contributed by atoms with van der Waals surface area (Å²) in [7, 11) is 0. The molecule has 1 aromatic heterocycles. The summed E-state index contributed by atoms with van der Waals surface area (Å²) in [5.74, 6) is 1.67. The van der Waals surface area contributed by atoms with Crippen molar-refractivity contribution in [2.45, 2.75) is 32.1 Å². The number of aryl methyl sites for hydroxylation is 1. The largest absolute Gasteiger partial charge is 0.352 e.